The maximum Gasteiger partial charge on any atom is 0.419 e. The molecule has 4 aromatic heterocycles. The fourth-order valence-electron chi connectivity index (χ4n) is 2.39. The summed E-state index contributed by atoms with van der Waals surface area (Å²) in [6.07, 6.45) is -0.0335. The van der Waals surface area contributed by atoms with Gasteiger partial charge in [-0.05, 0) is 25.1 Å². The number of hydrogen-bond donors (Lipinski definition) is 1. The molecule has 4 aromatic rings. The van der Waals surface area contributed by atoms with Crippen molar-refractivity contribution in [1.82, 2.24) is 24.6 Å². The van der Waals surface area contributed by atoms with E-state index in [9.17, 15) is 13.2 Å². The minimum absolute atomic E-state index is 0.225. The molecule has 0 atom stereocenters. The first-order valence-corrected chi connectivity index (χ1v) is 8.25. The van der Waals surface area contributed by atoms with Crippen LogP contribution < -0.4 is 5.73 Å². The summed E-state index contributed by atoms with van der Waals surface area (Å²) in [5, 5.41) is 5.13. The monoisotopic (exact) mass is 376 g/mol. The van der Waals surface area contributed by atoms with E-state index in [4.69, 9.17) is 5.73 Å². The van der Waals surface area contributed by atoms with Gasteiger partial charge in [-0.3, -0.25) is 4.98 Å². The summed E-state index contributed by atoms with van der Waals surface area (Å²) >= 11 is 1.32. The van der Waals surface area contributed by atoms with E-state index in [0.29, 0.717) is 10.7 Å². The molecule has 6 nitrogen and oxygen atoms in total. The third-order valence-corrected chi connectivity index (χ3v) is 4.69. The first-order chi connectivity index (χ1) is 12.3. The highest BCUT2D eigenvalue weighted by Gasteiger charge is 2.34. The molecule has 0 aromatic carbocycles. The number of pyridine rings is 2. The summed E-state index contributed by atoms with van der Waals surface area (Å²) in [5.41, 5.74) is 6.66. The number of fused-ring (bicyclic) bond motifs is 1. The molecule has 0 bridgehead atoms. The maximum atomic E-state index is 13.0. The molecule has 0 amide bonds. The predicted octanol–water partition coefficient (Wildman–Crippen LogP) is 3.82. The number of nitrogens with two attached hydrogens (primary N) is 1. The Morgan fingerprint density at radius 3 is 2.54 bits per heavy atom. The van der Waals surface area contributed by atoms with Gasteiger partial charge in [0.25, 0.3) is 0 Å². The molecule has 0 aliphatic heterocycles. The summed E-state index contributed by atoms with van der Waals surface area (Å²) in [4.78, 5) is 12.8. The number of rotatable bonds is 2. The number of hydrogen-bond acceptors (Lipinski definition) is 6. The molecule has 4 heterocycles. The lowest BCUT2D eigenvalue weighted by molar-refractivity contribution is -0.137. The summed E-state index contributed by atoms with van der Waals surface area (Å²) in [7, 11) is 0. The van der Waals surface area contributed by atoms with Gasteiger partial charge in [-0.15, -0.1) is 0 Å². The highest BCUT2D eigenvalue weighted by molar-refractivity contribution is 7.19. The molecular weight excluding hydrogens is 365 g/mol. The zero-order valence-corrected chi connectivity index (χ0v) is 14.1. The molecule has 0 aliphatic carbocycles. The van der Waals surface area contributed by atoms with Gasteiger partial charge in [0.05, 0.1) is 17.5 Å². The standard InChI is InChI=1S/C16H11F3N6S/c1-8-2-3-9(5-21-8)14-24-25-7-12(23-15(25)26-14)10-4-11(16(17,18)19)13(20)22-6-10/h2-7H,1H3,(H2,20,22). The van der Waals surface area contributed by atoms with Gasteiger partial charge in [0.1, 0.15) is 10.8 Å². The van der Waals surface area contributed by atoms with E-state index in [1.54, 1.807) is 12.4 Å². The number of alkyl halides is 3. The van der Waals surface area contributed by atoms with Crippen LogP contribution in [0, 0.1) is 6.92 Å². The lowest BCUT2D eigenvalue weighted by Crippen LogP contribution is -2.10. The van der Waals surface area contributed by atoms with Crippen LogP contribution >= 0.6 is 11.3 Å². The van der Waals surface area contributed by atoms with Crippen molar-refractivity contribution < 1.29 is 13.2 Å². The van der Waals surface area contributed by atoms with Crippen molar-refractivity contribution in [2.45, 2.75) is 13.1 Å². The van der Waals surface area contributed by atoms with Gasteiger partial charge in [0.2, 0.25) is 4.96 Å². The summed E-state index contributed by atoms with van der Waals surface area (Å²) < 4.78 is 40.5. The van der Waals surface area contributed by atoms with Crippen LogP contribution in [0.4, 0.5) is 19.0 Å². The third kappa shape index (κ3) is 2.88. The van der Waals surface area contributed by atoms with E-state index in [1.807, 2.05) is 19.1 Å². The minimum Gasteiger partial charge on any atom is -0.383 e. The highest BCUT2D eigenvalue weighted by Crippen LogP contribution is 2.35. The largest absolute Gasteiger partial charge is 0.419 e. The molecule has 0 aliphatic rings. The van der Waals surface area contributed by atoms with Gasteiger partial charge in [0, 0.05) is 29.2 Å². The molecule has 0 spiro atoms. The molecule has 26 heavy (non-hydrogen) atoms. The van der Waals surface area contributed by atoms with Crippen molar-refractivity contribution in [3.8, 4) is 21.8 Å². The zero-order chi connectivity index (χ0) is 18.5. The van der Waals surface area contributed by atoms with Crippen LogP contribution in [-0.2, 0) is 6.18 Å². The van der Waals surface area contributed by atoms with E-state index < -0.39 is 17.6 Å². The van der Waals surface area contributed by atoms with Gasteiger partial charge >= 0.3 is 6.18 Å². The number of nitrogen functional groups attached to an aromatic ring is 1. The SMILES string of the molecule is Cc1ccc(-c2nn3cc(-c4cnc(N)c(C(F)(F)F)c4)nc3s2)cn1. The van der Waals surface area contributed by atoms with Crippen LogP contribution in [-0.4, -0.2) is 24.6 Å². The van der Waals surface area contributed by atoms with Crippen LogP contribution in [0.25, 0.3) is 26.8 Å². The summed E-state index contributed by atoms with van der Waals surface area (Å²) in [5.74, 6) is -0.561. The van der Waals surface area contributed by atoms with Gasteiger partial charge < -0.3 is 5.73 Å². The van der Waals surface area contributed by atoms with Crippen LogP contribution in [0.5, 0.6) is 0 Å². The Kier molecular flexibility index (Phi) is 3.65. The van der Waals surface area contributed by atoms with Crippen LogP contribution in [0.2, 0.25) is 0 Å². The lowest BCUT2D eigenvalue weighted by atomic mass is 10.1. The number of anilines is 1. The van der Waals surface area contributed by atoms with Crippen LogP contribution in [0.1, 0.15) is 11.3 Å². The molecule has 132 valence electrons. The second-order valence-electron chi connectivity index (χ2n) is 5.60. The first kappa shape index (κ1) is 16.5. The van der Waals surface area contributed by atoms with Crippen LogP contribution in [0.15, 0.2) is 36.8 Å². The van der Waals surface area contributed by atoms with E-state index in [-0.39, 0.29) is 5.56 Å². The Morgan fingerprint density at radius 1 is 1.12 bits per heavy atom. The fourth-order valence-corrected chi connectivity index (χ4v) is 3.26. The minimum atomic E-state index is -4.58. The smallest absolute Gasteiger partial charge is 0.383 e. The number of aryl methyl sites for hydroxylation is 1. The van der Waals surface area contributed by atoms with Crippen LogP contribution in [0.3, 0.4) is 0 Å². The second kappa shape index (κ2) is 5.77. The van der Waals surface area contributed by atoms with Gasteiger partial charge in [-0.1, -0.05) is 11.3 Å². The first-order valence-electron chi connectivity index (χ1n) is 7.43. The quantitative estimate of drug-likeness (QED) is 0.575. The number of halogens is 3. The lowest BCUT2D eigenvalue weighted by Gasteiger charge is -2.09. The number of aromatic nitrogens is 5. The Balaban J connectivity index is 1.73. The number of nitrogens with zero attached hydrogens (tertiary/aromatic N) is 5. The molecule has 4 rings (SSSR count). The predicted molar refractivity (Wildman–Crippen MR) is 91.5 cm³/mol. The zero-order valence-electron chi connectivity index (χ0n) is 13.3. The molecular formula is C16H11F3N6S. The van der Waals surface area contributed by atoms with Crippen molar-refractivity contribution >= 4 is 22.1 Å². The maximum absolute atomic E-state index is 13.0. The van der Waals surface area contributed by atoms with Gasteiger partial charge in [-0.25, -0.2) is 14.5 Å². The van der Waals surface area contributed by atoms with E-state index >= 15 is 0 Å². The topological polar surface area (TPSA) is 82.0 Å². The molecule has 0 saturated carbocycles. The Labute approximate surface area is 149 Å². The average molecular weight is 376 g/mol. The Bertz CT molecular complexity index is 1070. The molecule has 2 N–H and O–H groups in total. The molecule has 10 heteroatoms. The summed E-state index contributed by atoms with van der Waals surface area (Å²) in [6.45, 7) is 1.89. The highest BCUT2D eigenvalue weighted by atomic mass is 32.1. The van der Waals surface area contributed by atoms with Crippen molar-refractivity contribution in [3.63, 3.8) is 0 Å². The van der Waals surface area contributed by atoms with Crippen molar-refractivity contribution in [2.24, 2.45) is 0 Å². The van der Waals surface area contributed by atoms with Crippen molar-refractivity contribution in [2.75, 3.05) is 5.73 Å². The van der Waals surface area contributed by atoms with E-state index in [1.165, 1.54) is 22.0 Å². The van der Waals surface area contributed by atoms with E-state index in [0.717, 1.165) is 22.3 Å². The summed E-state index contributed by atoms with van der Waals surface area (Å²) in [6, 6.07) is 4.73. The van der Waals surface area contributed by atoms with E-state index in [2.05, 4.69) is 20.1 Å². The van der Waals surface area contributed by atoms with Gasteiger partial charge in [0.15, 0.2) is 0 Å². The Morgan fingerprint density at radius 2 is 1.88 bits per heavy atom. The molecule has 0 fully saturated rings. The van der Waals surface area contributed by atoms with Crippen molar-refractivity contribution in [3.05, 3.63) is 48.0 Å². The molecule has 0 unspecified atom stereocenters. The average Bonchev–Trinajstić information content (AvgIpc) is 3.14. The molecule has 0 saturated heterocycles. The molecule has 0 radical (unpaired) electrons. The number of imidazole rings is 1. The van der Waals surface area contributed by atoms with Gasteiger partial charge in [-0.2, -0.15) is 18.3 Å². The normalized spacial score (nSPS) is 12.0. The fraction of sp³-hybridized carbons (Fsp3) is 0.125. The van der Waals surface area contributed by atoms with Crippen molar-refractivity contribution in [1.29, 1.82) is 0 Å². The third-order valence-electron chi connectivity index (χ3n) is 3.72. The second-order valence-corrected chi connectivity index (χ2v) is 6.56. The Hall–Kier alpha value is -3.01.